The first-order valence-electron chi connectivity index (χ1n) is 3.36. The summed E-state index contributed by atoms with van der Waals surface area (Å²) in [6.45, 7) is 0. The van der Waals surface area contributed by atoms with Gasteiger partial charge in [0.25, 0.3) is 0 Å². The molecule has 0 amide bonds. The molecule has 0 bridgehead atoms. The van der Waals surface area contributed by atoms with Crippen LogP contribution < -0.4 is 5.46 Å². The van der Waals surface area contributed by atoms with Gasteiger partial charge in [-0.25, -0.2) is 0 Å². The highest BCUT2D eigenvalue weighted by Gasteiger charge is 2.17. The fraction of sp³-hybridized carbons (Fsp3) is 0. The molecule has 0 fully saturated rings. The quantitative estimate of drug-likeness (QED) is 0.625. The van der Waals surface area contributed by atoms with Crippen LogP contribution in [0.25, 0.3) is 0 Å². The minimum Gasteiger partial charge on any atom is -0.423 e. The molecule has 6 heteroatoms. The van der Waals surface area contributed by atoms with Gasteiger partial charge in [0.1, 0.15) is 0 Å². The van der Waals surface area contributed by atoms with Gasteiger partial charge in [0.2, 0.25) is 0 Å². The van der Waals surface area contributed by atoms with Crippen LogP contribution in [0.15, 0.2) is 21.1 Å². The predicted molar refractivity (Wildman–Crippen MR) is 57.1 cm³/mol. The van der Waals surface area contributed by atoms with Crippen LogP contribution in [0.1, 0.15) is 10.4 Å². The molecule has 2 N–H and O–H groups in total. The molecule has 1 aromatic carbocycles. The summed E-state index contributed by atoms with van der Waals surface area (Å²) in [6.07, 6.45) is 0.640. The van der Waals surface area contributed by atoms with E-state index < -0.39 is 7.12 Å². The zero-order chi connectivity index (χ0) is 10.0. The lowest BCUT2D eigenvalue weighted by Crippen LogP contribution is -2.31. The van der Waals surface area contributed by atoms with Gasteiger partial charge in [-0.1, -0.05) is 31.9 Å². The van der Waals surface area contributed by atoms with Gasteiger partial charge in [0, 0.05) is 14.5 Å². The van der Waals surface area contributed by atoms with Crippen LogP contribution in [-0.4, -0.2) is 23.5 Å². The summed E-state index contributed by atoms with van der Waals surface area (Å²) >= 11 is 6.26. The van der Waals surface area contributed by atoms with Gasteiger partial charge < -0.3 is 10.0 Å². The van der Waals surface area contributed by atoms with Crippen molar-refractivity contribution in [2.45, 2.75) is 0 Å². The van der Waals surface area contributed by atoms with E-state index in [4.69, 9.17) is 10.0 Å². The molecule has 0 aromatic heterocycles. The van der Waals surface area contributed by atoms with Crippen LogP contribution in [-0.2, 0) is 0 Å². The van der Waals surface area contributed by atoms with Crippen molar-refractivity contribution in [1.82, 2.24) is 0 Å². The molecule has 0 heterocycles. The molecule has 0 atom stereocenters. The summed E-state index contributed by atoms with van der Waals surface area (Å²) in [7, 11) is -1.59. The maximum atomic E-state index is 10.5. The minimum absolute atomic E-state index is 0.261. The number of halogens is 2. The van der Waals surface area contributed by atoms with Crippen molar-refractivity contribution in [3.05, 3.63) is 26.6 Å². The number of carbonyl (C=O) groups excluding carboxylic acids is 1. The highest BCUT2D eigenvalue weighted by molar-refractivity contribution is 9.11. The molecule has 13 heavy (non-hydrogen) atoms. The Morgan fingerprint density at radius 1 is 1.31 bits per heavy atom. The number of hydrogen-bond acceptors (Lipinski definition) is 3. The Bertz CT molecular complexity index is 341. The van der Waals surface area contributed by atoms with Crippen molar-refractivity contribution in [3.63, 3.8) is 0 Å². The summed E-state index contributed by atoms with van der Waals surface area (Å²) in [5.41, 5.74) is 0.633. The Kier molecular flexibility index (Phi) is 3.67. The maximum absolute atomic E-state index is 10.5. The molecule has 68 valence electrons. The van der Waals surface area contributed by atoms with Gasteiger partial charge in [-0.2, -0.15) is 0 Å². The van der Waals surface area contributed by atoms with Gasteiger partial charge in [-0.15, -0.1) is 0 Å². The largest absolute Gasteiger partial charge is 0.489 e. The average molecular weight is 308 g/mol. The third kappa shape index (κ3) is 2.40. The van der Waals surface area contributed by atoms with Crippen LogP contribution in [0.3, 0.4) is 0 Å². The van der Waals surface area contributed by atoms with Crippen LogP contribution >= 0.6 is 31.9 Å². The van der Waals surface area contributed by atoms with E-state index in [1.807, 2.05) is 0 Å². The average Bonchev–Trinajstić information content (AvgIpc) is 2.08. The number of aldehydes is 1. The Hall–Kier alpha value is -0.165. The van der Waals surface area contributed by atoms with Crippen molar-refractivity contribution in [1.29, 1.82) is 0 Å². The smallest absolute Gasteiger partial charge is 0.423 e. The maximum Gasteiger partial charge on any atom is 0.489 e. The first-order chi connectivity index (χ1) is 6.06. The SMILES string of the molecule is O=Cc1cc(Br)cc(B(O)O)c1Br. The van der Waals surface area contributed by atoms with Gasteiger partial charge in [0.15, 0.2) is 6.29 Å². The van der Waals surface area contributed by atoms with Crippen LogP contribution in [0.5, 0.6) is 0 Å². The topological polar surface area (TPSA) is 57.5 Å². The van der Waals surface area contributed by atoms with Crippen LogP contribution in [0.4, 0.5) is 0 Å². The number of benzene rings is 1. The molecule has 0 spiro atoms. The van der Waals surface area contributed by atoms with Gasteiger partial charge in [-0.05, 0) is 17.6 Å². The van der Waals surface area contributed by atoms with E-state index in [9.17, 15) is 4.79 Å². The van der Waals surface area contributed by atoms with Crippen LogP contribution in [0.2, 0.25) is 0 Å². The van der Waals surface area contributed by atoms with Crippen molar-refractivity contribution in [3.8, 4) is 0 Å². The van der Waals surface area contributed by atoms with Gasteiger partial charge in [-0.3, -0.25) is 4.79 Å². The Morgan fingerprint density at radius 2 is 1.92 bits per heavy atom. The van der Waals surface area contributed by atoms with E-state index in [1.165, 1.54) is 6.07 Å². The normalized spacial score (nSPS) is 9.85. The molecule has 1 rings (SSSR count). The van der Waals surface area contributed by atoms with Crippen molar-refractivity contribution < 1.29 is 14.8 Å². The fourth-order valence-electron chi connectivity index (χ4n) is 0.906. The molecule has 0 aliphatic heterocycles. The van der Waals surface area contributed by atoms with Crippen molar-refractivity contribution in [2.24, 2.45) is 0 Å². The number of hydrogen-bond donors (Lipinski definition) is 2. The second kappa shape index (κ2) is 4.37. The third-order valence-electron chi connectivity index (χ3n) is 1.50. The monoisotopic (exact) mass is 306 g/mol. The molecule has 0 saturated heterocycles. The molecule has 0 unspecified atom stereocenters. The van der Waals surface area contributed by atoms with Crippen LogP contribution in [0, 0.1) is 0 Å². The summed E-state index contributed by atoms with van der Waals surface area (Å²) in [4.78, 5) is 10.5. The summed E-state index contributed by atoms with van der Waals surface area (Å²) < 4.78 is 1.03. The minimum atomic E-state index is -1.59. The van der Waals surface area contributed by atoms with Gasteiger partial charge >= 0.3 is 7.12 Å². The molecule has 0 saturated carbocycles. The Morgan fingerprint density at radius 3 is 2.38 bits per heavy atom. The third-order valence-corrected chi connectivity index (χ3v) is 2.87. The second-order valence-corrected chi connectivity index (χ2v) is 4.10. The zero-order valence-electron chi connectivity index (χ0n) is 6.37. The molecular formula is C7H5BBr2O3. The van der Waals surface area contributed by atoms with E-state index in [-0.39, 0.29) is 5.46 Å². The summed E-state index contributed by atoms with van der Waals surface area (Å²) in [5.74, 6) is 0. The summed E-state index contributed by atoms with van der Waals surface area (Å²) in [5, 5.41) is 17.9. The fourth-order valence-corrected chi connectivity index (χ4v) is 1.93. The van der Waals surface area contributed by atoms with E-state index >= 15 is 0 Å². The molecule has 0 aliphatic rings. The highest BCUT2D eigenvalue weighted by atomic mass is 79.9. The molecule has 3 nitrogen and oxygen atoms in total. The second-order valence-electron chi connectivity index (χ2n) is 2.39. The van der Waals surface area contributed by atoms with Gasteiger partial charge in [0.05, 0.1) is 0 Å². The Labute approximate surface area is 92.2 Å². The number of rotatable bonds is 2. The zero-order valence-corrected chi connectivity index (χ0v) is 9.54. The summed E-state index contributed by atoms with van der Waals surface area (Å²) in [6, 6.07) is 3.12. The van der Waals surface area contributed by atoms with E-state index in [1.54, 1.807) is 6.07 Å². The predicted octanol–water partition coefficient (Wildman–Crippen LogP) is 0.704. The molecule has 0 radical (unpaired) electrons. The molecule has 0 aliphatic carbocycles. The lowest BCUT2D eigenvalue weighted by atomic mass is 9.80. The van der Waals surface area contributed by atoms with Crippen molar-refractivity contribution in [2.75, 3.05) is 0 Å². The van der Waals surface area contributed by atoms with E-state index in [0.717, 1.165) is 0 Å². The first-order valence-corrected chi connectivity index (χ1v) is 4.95. The van der Waals surface area contributed by atoms with E-state index in [2.05, 4.69) is 31.9 Å². The standard InChI is InChI=1S/C7H5BBr2O3/c9-5-1-4(3-11)7(10)6(2-5)8(12)13/h1-3,12-13H. The van der Waals surface area contributed by atoms with E-state index in [0.29, 0.717) is 20.8 Å². The Balaban J connectivity index is 3.35. The molecular weight excluding hydrogens is 303 g/mol. The molecule has 1 aromatic rings. The lowest BCUT2D eigenvalue weighted by Gasteiger charge is -2.05. The number of carbonyl (C=O) groups is 1. The van der Waals surface area contributed by atoms with Crippen molar-refractivity contribution >= 4 is 50.7 Å². The first kappa shape index (κ1) is 10.9. The highest BCUT2D eigenvalue weighted by Crippen LogP contribution is 2.18. The lowest BCUT2D eigenvalue weighted by molar-refractivity contribution is 0.112.